The van der Waals surface area contributed by atoms with E-state index in [-0.39, 0.29) is 24.5 Å². The van der Waals surface area contributed by atoms with Crippen LogP contribution in [0.25, 0.3) is 0 Å². The number of benzene rings is 2. The maximum absolute atomic E-state index is 13.1. The number of ether oxygens (including phenoxy) is 2. The summed E-state index contributed by atoms with van der Waals surface area (Å²) in [5.74, 6) is 0.368. The molecular weight excluding hydrogens is 452 g/mol. The minimum Gasteiger partial charge on any atom is -0.492 e. The van der Waals surface area contributed by atoms with Crippen LogP contribution < -0.4 is 15.0 Å². The van der Waals surface area contributed by atoms with E-state index in [4.69, 9.17) is 9.47 Å². The van der Waals surface area contributed by atoms with Gasteiger partial charge < -0.3 is 19.7 Å². The Kier molecular flexibility index (Phi) is 10.2. The van der Waals surface area contributed by atoms with Crippen molar-refractivity contribution in [3.8, 4) is 5.75 Å². The van der Waals surface area contributed by atoms with Crippen molar-refractivity contribution < 1.29 is 19.1 Å². The van der Waals surface area contributed by atoms with Crippen LogP contribution in [0.5, 0.6) is 5.75 Å². The molecule has 1 fully saturated rings. The maximum Gasteiger partial charge on any atom is 0.314 e. The molecule has 6 heteroatoms. The number of nitrogens with zero attached hydrogens (tertiary/aromatic N) is 1. The van der Waals surface area contributed by atoms with Crippen molar-refractivity contribution in [3.05, 3.63) is 59.7 Å². The second-order valence-electron chi connectivity index (χ2n) is 10.4. The number of unbranched alkanes of at least 4 members (excludes halogenated alkanes) is 1. The Morgan fingerprint density at radius 1 is 1.03 bits per heavy atom. The van der Waals surface area contributed by atoms with E-state index in [0.717, 1.165) is 37.9 Å². The van der Waals surface area contributed by atoms with Gasteiger partial charge in [-0.25, -0.2) is 0 Å². The summed E-state index contributed by atoms with van der Waals surface area (Å²) in [6.07, 6.45) is 7.12. The molecule has 0 spiro atoms. The van der Waals surface area contributed by atoms with Gasteiger partial charge in [-0.2, -0.15) is 0 Å². The molecule has 1 amide bonds. The van der Waals surface area contributed by atoms with E-state index in [2.05, 4.69) is 41.4 Å². The first-order valence-corrected chi connectivity index (χ1v) is 13.3. The molecule has 3 rings (SSSR count). The van der Waals surface area contributed by atoms with Gasteiger partial charge >= 0.3 is 5.97 Å². The van der Waals surface area contributed by atoms with Crippen LogP contribution in [0.2, 0.25) is 0 Å². The zero-order valence-corrected chi connectivity index (χ0v) is 22.3. The molecule has 196 valence electrons. The third-order valence-corrected chi connectivity index (χ3v) is 6.82. The lowest BCUT2D eigenvalue weighted by atomic mass is 9.95. The first-order valence-electron chi connectivity index (χ1n) is 13.3. The van der Waals surface area contributed by atoms with E-state index >= 15 is 0 Å². The van der Waals surface area contributed by atoms with Gasteiger partial charge in [0.25, 0.3) is 0 Å². The monoisotopic (exact) mass is 494 g/mol. The van der Waals surface area contributed by atoms with E-state index in [1.165, 1.54) is 37.6 Å². The first-order chi connectivity index (χ1) is 17.3. The molecule has 0 bridgehead atoms. The van der Waals surface area contributed by atoms with Crippen LogP contribution in [-0.4, -0.2) is 38.7 Å². The molecule has 0 radical (unpaired) electrons. The van der Waals surface area contributed by atoms with Gasteiger partial charge in [0, 0.05) is 18.8 Å². The van der Waals surface area contributed by atoms with Crippen molar-refractivity contribution in [3.63, 3.8) is 0 Å². The number of nitrogens with one attached hydrogen (secondary N) is 1. The molecular formula is C30H42N2O4. The lowest BCUT2D eigenvalue weighted by Gasteiger charge is -2.33. The van der Waals surface area contributed by atoms with Crippen LogP contribution in [0.3, 0.4) is 0 Å². The van der Waals surface area contributed by atoms with Gasteiger partial charge in [0.2, 0.25) is 5.91 Å². The summed E-state index contributed by atoms with van der Waals surface area (Å²) in [5.41, 5.74) is 2.67. The summed E-state index contributed by atoms with van der Waals surface area (Å²) >= 11 is 0. The number of piperidine rings is 1. The summed E-state index contributed by atoms with van der Waals surface area (Å²) in [5, 5.41) is 3.33. The lowest BCUT2D eigenvalue weighted by molar-refractivity contribution is -0.152. The Morgan fingerprint density at radius 3 is 2.39 bits per heavy atom. The Bertz CT molecular complexity index is 981. The number of anilines is 1. The molecule has 1 N–H and O–H groups in total. The minimum atomic E-state index is -0.731. The fourth-order valence-electron chi connectivity index (χ4n) is 4.65. The molecule has 36 heavy (non-hydrogen) atoms. The van der Waals surface area contributed by atoms with Crippen molar-refractivity contribution in [1.29, 1.82) is 0 Å². The Labute approximate surface area is 216 Å². The van der Waals surface area contributed by atoms with E-state index in [0.29, 0.717) is 12.2 Å². The molecule has 0 aromatic heterocycles. The number of esters is 1. The number of carbonyl (C=O) groups is 2. The molecule has 0 saturated carbocycles. The van der Waals surface area contributed by atoms with Gasteiger partial charge in [-0.15, -0.1) is 0 Å². The van der Waals surface area contributed by atoms with Gasteiger partial charge in [0.15, 0.2) is 0 Å². The summed E-state index contributed by atoms with van der Waals surface area (Å²) in [6.45, 7) is 8.14. The predicted molar refractivity (Wildman–Crippen MR) is 144 cm³/mol. The highest BCUT2D eigenvalue weighted by molar-refractivity contribution is 5.79. The average Bonchev–Trinajstić information content (AvgIpc) is 2.90. The minimum absolute atomic E-state index is 0.00117. The number of hydrogen-bond acceptors (Lipinski definition) is 5. The number of amides is 1. The molecule has 1 unspecified atom stereocenters. The largest absolute Gasteiger partial charge is 0.492 e. The Hall–Kier alpha value is -3.02. The number of para-hydroxylation sites is 1. The highest BCUT2D eigenvalue weighted by Crippen LogP contribution is 2.31. The van der Waals surface area contributed by atoms with Crippen LogP contribution in [0, 0.1) is 5.41 Å². The van der Waals surface area contributed by atoms with Gasteiger partial charge in [-0.3, -0.25) is 9.59 Å². The first kappa shape index (κ1) is 27.6. The number of carbonyl (C=O) groups excluding carboxylic acids is 2. The normalized spacial score (nSPS) is 14.7. The van der Waals surface area contributed by atoms with Crippen LogP contribution in [-0.2, 0) is 20.7 Å². The van der Waals surface area contributed by atoms with Crippen molar-refractivity contribution in [2.45, 2.75) is 71.8 Å². The molecule has 1 heterocycles. The van der Waals surface area contributed by atoms with Crippen LogP contribution in [0.15, 0.2) is 48.5 Å². The Morgan fingerprint density at radius 2 is 1.72 bits per heavy atom. The van der Waals surface area contributed by atoms with Gasteiger partial charge in [-0.1, -0.05) is 50.1 Å². The lowest BCUT2D eigenvalue weighted by Crippen LogP contribution is -2.34. The third-order valence-electron chi connectivity index (χ3n) is 6.82. The Balaban J connectivity index is 1.64. The molecule has 1 aliphatic heterocycles. The highest BCUT2D eigenvalue weighted by Gasteiger charge is 2.29. The van der Waals surface area contributed by atoms with Crippen LogP contribution in [0.4, 0.5) is 5.69 Å². The van der Waals surface area contributed by atoms with Crippen molar-refractivity contribution in [2.24, 2.45) is 5.41 Å². The van der Waals surface area contributed by atoms with E-state index in [1.807, 2.05) is 24.3 Å². The summed E-state index contributed by atoms with van der Waals surface area (Å²) in [6, 6.07) is 16.0. The molecule has 1 atom stereocenters. The number of rotatable bonds is 12. The SMILES string of the molecule is CCCCC(NC(=O)Cc1ccc(OCC(C)(C)C(=O)OC)cc1)c1ccccc1N1CCCCC1. The number of hydrogen-bond donors (Lipinski definition) is 1. The van der Waals surface area contributed by atoms with Crippen molar-refractivity contribution in [2.75, 3.05) is 31.7 Å². The van der Waals surface area contributed by atoms with Gasteiger partial charge in [0.05, 0.1) is 25.0 Å². The molecule has 1 aliphatic rings. The van der Waals surface area contributed by atoms with E-state index in [1.54, 1.807) is 13.8 Å². The maximum atomic E-state index is 13.1. The number of methoxy groups -OCH3 is 1. The van der Waals surface area contributed by atoms with E-state index < -0.39 is 5.41 Å². The van der Waals surface area contributed by atoms with E-state index in [9.17, 15) is 9.59 Å². The molecule has 1 saturated heterocycles. The smallest absolute Gasteiger partial charge is 0.314 e. The molecule has 0 aliphatic carbocycles. The highest BCUT2D eigenvalue weighted by atomic mass is 16.5. The van der Waals surface area contributed by atoms with Gasteiger partial charge in [-0.05, 0) is 68.9 Å². The zero-order valence-electron chi connectivity index (χ0n) is 22.3. The quantitative estimate of drug-likeness (QED) is 0.375. The second kappa shape index (κ2) is 13.3. The topological polar surface area (TPSA) is 67.9 Å². The molecule has 2 aromatic carbocycles. The predicted octanol–water partition coefficient (Wildman–Crippen LogP) is 5.85. The summed E-state index contributed by atoms with van der Waals surface area (Å²) in [4.78, 5) is 27.4. The fourth-order valence-corrected chi connectivity index (χ4v) is 4.65. The van der Waals surface area contributed by atoms with Gasteiger partial charge in [0.1, 0.15) is 12.4 Å². The van der Waals surface area contributed by atoms with Crippen molar-refractivity contribution >= 4 is 17.6 Å². The van der Waals surface area contributed by atoms with Crippen LogP contribution >= 0.6 is 0 Å². The molecule has 6 nitrogen and oxygen atoms in total. The van der Waals surface area contributed by atoms with Crippen LogP contribution in [0.1, 0.15) is 76.5 Å². The second-order valence-corrected chi connectivity index (χ2v) is 10.4. The zero-order chi connectivity index (χ0) is 26.0. The summed E-state index contributed by atoms with van der Waals surface area (Å²) < 4.78 is 10.6. The third kappa shape index (κ3) is 7.74. The average molecular weight is 495 g/mol. The standard InChI is InChI=1S/C30H42N2O4/c1-5-6-13-26(25-12-8-9-14-27(25)32-19-10-7-11-20-32)31-28(33)21-23-15-17-24(18-16-23)36-22-30(2,3)29(34)35-4/h8-9,12,14-18,26H,5-7,10-11,13,19-22H2,1-4H3,(H,31,33). The summed E-state index contributed by atoms with van der Waals surface area (Å²) in [7, 11) is 1.38. The fraction of sp³-hybridized carbons (Fsp3) is 0.533. The molecule has 2 aromatic rings. The van der Waals surface area contributed by atoms with Crippen molar-refractivity contribution in [1.82, 2.24) is 5.32 Å².